The molecule has 0 spiro atoms. The molecular weight excluding hydrogens is 419 g/mol. The molecule has 0 saturated heterocycles. The molecule has 1 heterocycles. The summed E-state index contributed by atoms with van der Waals surface area (Å²) in [5.74, 6) is 0.828. The lowest BCUT2D eigenvalue weighted by Gasteiger charge is -2.10. The lowest BCUT2D eigenvalue weighted by Crippen LogP contribution is -2.28. The second-order valence-electron chi connectivity index (χ2n) is 6.90. The topological polar surface area (TPSA) is 67.2 Å². The van der Waals surface area contributed by atoms with Crippen LogP contribution in [0.15, 0.2) is 89.3 Å². The molecule has 0 unspecified atom stereocenters. The van der Waals surface area contributed by atoms with Crippen molar-refractivity contribution in [2.45, 2.75) is 12.7 Å². The highest BCUT2D eigenvalue weighted by Crippen LogP contribution is 2.33. The minimum atomic E-state index is -4.49. The highest BCUT2D eigenvalue weighted by Gasteiger charge is 2.30. The standard InChI is InChI=1S/C24H18F3N3O2/c25-24(26,27)18-12-7-13-19(14-18)29-23(31)28-15-20-30-21(16-8-3-1-4-9-16)22(32-20)17-10-5-2-6-11-17/h1-14H,15H2,(H2,28,29,31). The third-order valence-electron chi connectivity index (χ3n) is 4.60. The molecular formula is C24H18F3N3O2. The first kappa shape index (κ1) is 21.2. The second kappa shape index (κ2) is 8.97. The molecule has 0 atom stereocenters. The lowest BCUT2D eigenvalue weighted by molar-refractivity contribution is -0.137. The van der Waals surface area contributed by atoms with Crippen LogP contribution in [0.4, 0.5) is 23.7 Å². The maximum atomic E-state index is 12.8. The monoisotopic (exact) mass is 437 g/mol. The quantitative estimate of drug-likeness (QED) is 0.382. The van der Waals surface area contributed by atoms with Crippen molar-refractivity contribution in [3.63, 3.8) is 0 Å². The van der Waals surface area contributed by atoms with Gasteiger partial charge in [0.15, 0.2) is 5.76 Å². The Hall–Kier alpha value is -4.07. The van der Waals surface area contributed by atoms with E-state index >= 15 is 0 Å². The van der Waals surface area contributed by atoms with Gasteiger partial charge in [0, 0.05) is 16.8 Å². The number of urea groups is 1. The normalized spacial score (nSPS) is 11.2. The summed E-state index contributed by atoms with van der Waals surface area (Å²) in [4.78, 5) is 16.7. The average molecular weight is 437 g/mol. The van der Waals surface area contributed by atoms with Gasteiger partial charge in [0.2, 0.25) is 5.89 Å². The summed E-state index contributed by atoms with van der Waals surface area (Å²) < 4.78 is 44.5. The van der Waals surface area contributed by atoms with Crippen LogP contribution < -0.4 is 10.6 Å². The molecule has 8 heteroatoms. The number of amides is 2. The molecule has 1 aromatic heterocycles. The Kier molecular flexibility index (Phi) is 5.93. The fourth-order valence-electron chi connectivity index (χ4n) is 3.12. The number of halogens is 3. The number of anilines is 1. The van der Waals surface area contributed by atoms with E-state index < -0.39 is 17.8 Å². The smallest absolute Gasteiger partial charge is 0.416 e. The zero-order valence-electron chi connectivity index (χ0n) is 16.7. The fraction of sp³-hybridized carbons (Fsp3) is 0.0833. The van der Waals surface area contributed by atoms with Gasteiger partial charge in [-0.1, -0.05) is 66.7 Å². The molecule has 0 fully saturated rings. The van der Waals surface area contributed by atoms with E-state index in [1.54, 1.807) is 0 Å². The van der Waals surface area contributed by atoms with E-state index in [0.29, 0.717) is 11.5 Å². The van der Waals surface area contributed by atoms with E-state index in [2.05, 4.69) is 15.6 Å². The van der Waals surface area contributed by atoms with Gasteiger partial charge in [0.05, 0.1) is 12.1 Å². The Morgan fingerprint density at radius 3 is 2.19 bits per heavy atom. The number of rotatable bonds is 5. The van der Waals surface area contributed by atoms with E-state index in [-0.39, 0.29) is 18.1 Å². The molecule has 0 aliphatic carbocycles. The first-order chi connectivity index (χ1) is 15.4. The van der Waals surface area contributed by atoms with Crippen LogP contribution in [-0.2, 0) is 12.7 Å². The molecule has 32 heavy (non-hydrogen) atoms. The lowest BCUT2D eigenvalue weighted by atomic mass is 10.1. The number of alkyl halides is 3. The van der Waals surface area contributed by atoms with Crippen LogP contribution in [0, 0.1) is 0 Å². The minimum absolute atomic E-state index is 0.0275. The average Bonchev–Trinajstić information content (AvgIpc) is 3.23. The van der Waals surface area contributed by atoms with Crippen LogP contribution in [-0.4, -0.2) is 11.0 Å². The number of carbonyl (C=O) groups is 1. The van der Waals surface area contributed by atoms with Gasteiger partial charge < -0.3 is 15.1 Å². The van der Waals surface area contributed by atoms with Gasteiger partial charge in [0.25, 0.3) is 0 Å². The fourth-order valence-corrected chi connectivity index (χ4v) is 3.12. The molecule has 162 valence electrons. The van der Waals surface area contributed by atoms with Gasteiger partial charge in [-0.15, -0.1) is 0 Å². The van der Waals surface area contributed by atoms with Gasteiger partial charge in [0.1, 0.15) is 5.69 Å². The van der Waals surface area contributed by atoms with Gasteiger partial charge >= 0.3 is 12.2 Å². The van der Waals surface area contributed by atoms with Crippen LogP contribution in [0.3, 0.4) is 0 Å². The predicted octanol–water partition coefficient (Wildman–Crippen LogP) is 6.35. The van der Waals surface area contributed by atoms with Gasteiger partial charge in [-0.05, 0) is 18.2 Å². The first-order valence-corrected chi connectivity index (χ1v) is 9.73. The number of hydrogen-bond acceptors (Lipinski definition) is 3. The molecule has 0 aliphatic heterocycles. The third-order valence-corrected chi connectivity index (χ3v) is 4.60. The molecule has 0 saturated carbocycles. The molecule has 5 nitrogen and oxygen atoms in total. The molecule has 2 N–H and O–H groups in total. The minimum Gasteiger partial charge on any atom is -0.438 e. The van der Waals surface area contributed by atoms with Crippen molar-refractivity contribution in [2.24, 2.45) is 0 Å². The number of nitrogens with zero attached hydrogens (tertiary/aromatic N) is 1. The van der Waals surface area contributed by atoms with Crippen molar-refractivity contribution in [3.05, 3.63) is 96.4 Å². The Balaban J connectivity index is 1.50. The SMILES string of the molecule is O=C(NCc1nc(-c2ccccc2)c(-c2ccccc2)o1)Nc1cccc(C(F)(F)F)c1. The summed E-state index contributed by atoms with van der Waals surface area (Å²) in [6.45, 7) is -0.0442. The van der Waals surface area contributed by atoms with Crippen LogP contribution in [0.25, 0.3) is 22.6 Å². The zero-order chi connectivity index (χ0) is 22.6. The number of carbonyl (C=O) groups excluding carboxylic acids is 1. The predicted molar refractivity (Wildman–Crippen MR) is 115 cm³/mol. The summed E-state index contributed by atoms with van der Waals surface area (Å²) >= 11 is 0. The van der Waals surface area contributed by atoms with Gasteiger partial charge in [-0.2, -0.15) is 13.2 Å². The highest BCUT2D eigenvalue weighted by molar-refractivity contribution is 5.89. The molecule has 4 aromatic rings. The van der Waals surface area contributed by atoms with Crippen molar-refractivity contribution in [1.29, 1.82) is 0 Å². The van der Waals surface area contributed by atoms with Gasteiger partial charge in [-0.25, -0.2) is 9.78 Å². The Morgan fingerprint density at radius 1 is 0.875 bits per heavy atom. The molecule has 0 radical (unpaired) electrons. The largest absolute Gasteiger partial charge is 0.438 e. The summed E-state index contributed by atoms with van der Waals surface area (Å²) in [7, 11) is 0. The molecule has 3 aromatic carbocycles. The van der Waals surface area contributed by atoms with E-state index in [0.717, 1.165) is 23.3 Å². The van der Waals surface area contributed by atoms with Crippen molar-refractivity contribution in [2.75, 3.05) is 5.32 Å². The van der Waals surface area contributed by atoms with Gasteiger partial charge in [-0.3, -0.25) is 0 Å². The van der Waals surface area contributed by atoms with Crippen molar-refractivity contribution < 1.29 is 22.4 Å². The maximum absolute atomic E-state index is 12.8. The van der Waals surface area contributed by atoms with Crippen LogP contribution in [0.5, 0.6) is 0 Å². The summed E-state index contributed by atoms with van der Waals surface area (Å²) in [5.41, 5.74) is 1.50. The number of oxazole rings is 1. The molecule has 2 amide bonds. The Bertz CT molecular complexity index is 1150. The number of nitrogens with one attached hydrogen (secondary N) is 2. The number of benzene rings is 3. The zero-order valence-corrected chi connectivity index (χ0v) is 16.7. The summed E-state index contributed by atoms with van der Waals surface area (Å²) in [6.07, 6.45) is -4.49. The van der Waals surface area contributed by atoms with E-state index in [9.17, 15) is 18.0 Å². The van der Waals surface area contributed by atoms with Crippen molar-refractivity contribution in [1.82, 2.24) is 10.3 Å². The summed E-state index contributed by atoms with van der Waals surface area (Å²) in [5, 5.41) is 4.95. The maximum Gasteiger partial charge on any atom is 0.416 e. The summed E-state index contributed by atoms with van der Waals surface area (Å²) in [6, 6.07) is 22.7. The Labute approximate surface area is 181 Å². The van der Waals surface area contributed by atoms with Crippen LogP contribution in [0.2, 0.25) is 0 Å². The van der Waals surface area contributed by atoms with E-state index in [4.69, 9.17) is 4.42 Å². The molecule has 4 rings (SSSR count). The van der Waals surface area contributed by atoms with Crippen LogP contribution in [0.1, 0.15) is 11.5 Å². The highest BCUT2D eigenvalue weighted by atomic mass is 19.4. The molecule has 0 bridgehead atoms. The van der Waals surface area contributed by atoms with E-state index in [1.807, 2.05) is 60.7 Å². The first-order valence-electron chi connectivity index (χ1n) is 9.73. The Morgan fingerprint density at radius 2 is 1.53 bits per heavy atom. The number of hydrogen-bond donors (Lipinski definition) is 2. The molecule has 0 aliphatic rings. The second-order valence-corrected chi connectivity index (χ2v) is 6.90. The third kappa shape index (κ3) is 4.97. The van der Waals surface area contributed by atoms with Crippen molar-refractivity contribution in [3.8, 4) is 22.6 Å². The van der Waals surface area contributed by atoms with E-state index in [1.165, 1.54) is 12.1 Å². The van der Waals surface area contributed by atoms with Crippen LogP contribution >= 0.6 is 0 Å². The van der Waals surface area contributed by atoms with Crippen molar-refractivity contribution >= 4 is 11.7 Å². The number of aromatic nitrogens is 1.